The van der Waals surface area contributed by atoms with E-state index in [2.05, 4.69) is 4.74 Å². The molecule has 0 aliphatic rings. The van der Waals surface area contributed by atoms with E-state index in [0.717, 1.165) is 0 Å². The van der Waals surface area contributed by atoms with Crippen molar-refractivity contribution in [2.75, 3.05) is 7.11 Å². The normalized spacial score (nSPS) is 13.9. The van der Waals surface area contributed by atoms with Crippen LogP contribution in [0.25, 0.3) is 0 Å². The fourth-order valence-electron chi connectivity index (χ4n) is 1.21. The van der Waals surface area contributed by atoms with Gasteiger partial charge in [-0.05, 0) is 24.6 Å². The number of carboxylic acid groups (broad SMARTS) is 1. The van der Waals surface area contributed by atoms with E-state index >= 15 is 0 Å². The van der Waals surface area contributed by atoms with E-state index in [0.29, 0.717) is 5.56 Å². The van der Waals surface area contributed by atoms with Crippen LogP contribution in [0.1, 0.15) is 22.8 Å². The number of benzene rings is 1. The van der Waals surface area contributed by atoms with E-state index < -0.39 is 17.5 Å². The van der Waals surface area contributed by atoms with Crippen LogP contribution in [0, 0.1) is 0 Å². The van der Waals surface area contributed by atoms with Gasteiger partial charge in [0.25, 0.3) is 0 Å². The van der Waals surface area contributed by atoms with E-state index in [1.54, 1.807) is 12.1 Å². The number of carbonyl (C=O) groups excluding carboxylic acids is 1. The van der Waals surface area contributed by atoms with Crippen LogP contribution in [-0.2, 0) is 15.1 Å². The van der Waals surface area contributed by atoms with Crippen LogP contribution in [0.15, 0.2) is 24.3 Å². The molecule has 86 valence electrons. The molecule has 0 radical (unpaired) electrons. The third-order valence-electron chi connectivity index (χ3n) is 2.33. The molecule has 0 aliphatic carbocycles. The zero-order chi connectivity index (χ0) is 12.3. The highest BCUT2D eigenvalue weighted by Gasteiger charge is 2.30. The summed E-state index contributed by atoms with van der Waals surface area (Å²) in [5.41, 5.74) is 4.74. The molecule has 1 unspecified atom stereocenters. The number of hydrogen-bond donors (Lipinski definition) is 2. The molecular weight excluding hydrogens is 210 g/mol. The van der Waals surface area contributed by atoms with Crippen molar-refractivity contribution in [1.82, 2.24) is 0 Å². The molecule has 3 N–H and O–H groups in total. The van der Waals surface area contributed by atoms with E-state index in [1.165, 1.54) is 26.2 Å². The molecule has 1 rings (SSSR count). The minimum atomic E-state index is -1.52. The van der Waals surface area contributed by atoms with Crippen LogP contribution in [0.2, 0.25) is 0 Å². The molecule has 1 aromatic carbocycles. The minimum absolute atomic E-state index is 0.276. The van der Waals surface area contributed by atoms with Gasteiger partial charge in [-0.1, -0.05) is 12.1 Å². The third-order valence-corrected chi connectivity index (χ3v) is 2.33. The Hall–Kier alpha value is -1.88. The van der Waals surface area contributed by atoms with Crippen LogP contribution >= 0.6 is 0 Å². The lowest BCUT2D eigenvalue weighted by molar-refractivity contribution is -0.143. The van der Waals surface area contributed by atoms with Crippen molar-refractivity contribution < 1.29 is 19.4 Å². The highest BCUT2D eigenvalue weighted by Crippen LogP contribution is 2.19. The Morgan fingerprint density at radius 3 is 2.56 bits per heavy atom. The van der Waals surface area contributed by atoms with Gasteiger partial charge in [0.1, 0.15) is 5.54 Å². The van der Waals surface area contributed by atoms with Crippen molar-refractivity contribution in [3.05, 3.63) is 35.4 Å². The van der Waals surface area contributed by atoms with Gasteiger partial charge >= 0.3 is 11.9 Å². The number of esters is 1. The second-order valence-electron chi connectivity index (χ2n) is 3.58. The summed E-state index contributed by atoms with van der Waals surface area (Å²) in [5, 5.41) is 8.94. The van der Waals surface area contributed by atoms with Gasteiger partial charge < -0.3 is 15.6 Å². The van der Waals surface area contributed by atoms with Crippen molar-refractivity contribution in [3.8, 4) is 0 Å². The van der Waals surface area contributed by atoms with Crippen LogP contribution in [-0.4, -0.2) is 24.2 Å². The lowest BCUT2D eigenvalue weighted by atomic mass is 9.92. The number of nitrogens with two attached hydrogens (primary N) is 1. The molecule has 0 fully saturated rings. The zero-order valence-corrected chi connectivity index (χ0v) is 9.06. The Morgan fingerprint density at radius 1 is 1.44 bits per heavy atom. The van der Waals surface area contributed by atoms with Crippen molar-refractivity contribution in [1.29, 1.82) is 0 Å². The maximum Gasteiger partial charge on any atom is 0.337 e. The van der Waals surface area contributed by atoms with E-state index in [9.17, 15) is 9.59 Å². The lowest BCUT2D eigenvalue weighted by Gasteiger charge is -2.19. The summed E-state index contributed by atoms with van der Waals surface area (Å²) in [5.74, 6) is -1.68. The molecule has 0 aromatic heterocycles. The van der Waals surface area contributed by atoms with Gasteiger partial charge in [-0.25, -0.2) is 9.59 Å². The number of hydrogen-bond acceptors (Lipinski definition) is 4. The summed E-state index contributed by atoms with van der Waals surface area (Å²) < 4.78 is 4.54. The van der Waals surface area contributed by atoms with Crippen LogP contribution in [0.5, 0.6) is 0 Å². The van der Waals surface area contributed by atoms with Crippen molar-refractivity contribution in [2.45, 2.75) is 12.5 Å². The molecule has 16 heavy (non-hydrogen) atoms. The Kier molecular flexibility index (Phi) is 3.29. The summed E-state index contributed by atoms with van der Waals surface area (Å²) in [6.07, 6.45) is 0. The van der Waals surface area contributed by atoms with Crippen molar-refractivity contribution in [2.24, 2.45) is 5.73 Å². The van der Waals surface area contributed by atoms with Gasteiger partial charge in [-0.15, -0.1) is 0 Å². The largest absolute Gasteiger partial charge is 0.480 e. The maximum atomic E-state index is 11.3. The van der Waals surface area contributed by atoms with Gasteiger partial charge in [-0.2, -0.15) is 0 Å². The number of carbonyl (C=O) groups is 2. The molecule has 0 heterocycles. The summed E-state index contributed by atoms with van der Waals surface area (Å²) in [6, 6.07) is 6.07. The standard InChI is InChI=1S/C11H13NO4/c1-11(12,10(14)15)8-5-3-4-7(6-8)9(13)16-2/h3-6H,12H2,1-2H3,(H,14,15). The summed E-state index contributed by atoms with van der Waals surface area (Å²) in [4.78, 5) is 22.2. The Bertz CT molecular complexity index is 426. The second kappa shape index (κ2) is 4.32. The fraction of sp³-hybridized carbons (Fsp3) is 0.273. The average molecular weight is 223 g/mol. The van der Waals surface area contributed by atoms with E-state index in [-0.39, 0.29) is 5.56 Å². The van der Waals surface area contributed by atoms with Gasteiger partial charge in [-0.3, -0.25) is 0 Å². The molecule has 1 atom stereocenters. The highest BCUT2D eigenvalue weighted by molar-refractivity contribution is 5.90. The third kappa shape index (κ3) is 2.20. The molecule has 1 aromatic rings. The summed E-state index contributed by atoms with van der Waals surface area (Å²) in [6.45, 7) is 1.37. The number of aliphatic carboxylic acids is 1. The lowest BCUT2D eigenvalue weighted by Crippen LogP contribution is -2.41. The first-order valence-electron chi connectivity index (χ1n) is 4.60. The monoisotopic (exact) mass is 223 g/mol. The molecule has 0 saturated carbocycles. The number of ether oxygens (including phenoxy) is 1. The smallest absolute Gasteiger partial charge is 0.337 e. The maximum absolute atomic E-state index is 11.3. The first kappa shape index (κ1) is 12.2. The van der Waals surface area contributed by atoms with Crippen molar-refractivity contribution in [3.63, 3.8) is 0 Å². The van der Waals surface area contributed by atoms with Gasteiger partial charge in [0.15, 0.2) is 0 Å². The first-order chi connectivity index (χ1) is 7.39. The molecule has 0 aliphatic heterocycles. The fourth-order valence-corrected chi connectivity index (χ4v) is 1.21. The molecule has 5 heteroatoms. The molecule has 0 bridgehead atoms. The molecular formula is C11H13NO4. The molecule has 0 amide bonds. The molecule has 0 spiro atoms. The number of methoxy groups -OCH3 is 1. The van der Waals surface area contributed by atoms with E-state index in [1.807, 2.05) is 0 Å². The second-order valence-corrected chi connectivity index (χ2v) is 3.58. The number of rotatable bonds is 3. The first-order valence-corrected chi connectivity index (χ1v) is 4.60. The zero-order valence-electron chi connectivity index (χ0n) is 9.06. The van der Waals surface area contributed by atoms with Crippen molar-refractivity contribution >= 4 is 11.9 Å². The van der Waals surface area contributed by atoms with Crippen LogP contribution < -0.4 is 5.73 Å². The minimum Gasteiger partial charge on any atom is -0.480 e. The average Bonchev–Trinajstić information content (AvgIpc) is 2.28. The summed E-state index contributed by atoms with van der Waals surface area (Å²) in [7, 11) is 1.26. The number of carboxylic acids is 1. The van der Waals surface area contributed by atoms with E-state index in [4.69, 9.17) is 10.8 Å². The summed E-state index contributed by atoms with van der Waals surface area (Å²) >= 11 is 0. The quantitative estimate of drug-likeness (QED) is 0.737. The Morgan fingerprint density at radius 2 is 2.06 bits per heavy atom. The van der Waals surface area contributed by atoms with Gasteiger partial charge in [0, 0.05) is 0 Å². The van der Waals surface area contributed by atoms with Gasteiger partial charge in [0.2, 0.25) is 0 Å². The SMILES string of the molecule is COC(=O)c1cccc(C(C)(N)C(=O)O)c1. The van der Waals surface area contributed by atoms with Crippen LogP contribution in [0.3, 0.4) is 0 Å². The molecule has 0 saturated heterocycles. The topological polar surface area (TPSA) is 89.6 Å². The predicted molar refractivity (Wildman–Crippen MR) is 57.0 cm³/mol. The Labute approximate surface area is 92.8 Å². The highest BCUT2D eigenvalue weighted by atomic mass is 16.5. The van der Waals surface area contributed by atoms with Gasteiger partial charge in [0.05, 0.1) is 12.7 Å². The van der Waals surface area contributed by atoms with Crippen LogP contribution in [0.4, 0.5) is 0 Å². The predicted octanol–water partition coefficient (Wildman–Crippen LogP) is 0.732. The molecule has 5 nitrogen and oxygen atoms in total. The Balaban J connectivity index is 3.17.